The molecule has 0 aromatic heterocycles. The summed E-state index contributed by atoms with van der Waals surface area (Å²) in [5.74, 6) is 0.547. The van der Waals surface area contributed by atoms with E-state index in [0.717, 1.165) is 6.42 Å². The maximum absolute atomic E-state index is 12.5. The van der Waals surface area contributed by atoms with Gasteiger partial charge in [0.2, 0.25) is 10.0 Å². The Labute approximate surface area is 113 Å². The molecule has 0 aliphatic carbocycles. The van der Waals surface area contributed by atoms with Crippen LogP contribution >= 0.6 is 0 Å². The summed E-state index contributed by atoms with van der Waals surface area (Å²) in [6.45, 7) is 2.90. The van der Waals surface area contributed by atoms with Crippen LogP contribution in [-0.4, -0.2) is 32.9 Å². The molecule has 19 heavy (non-hydrogen) atoms. The normalized spacial score (nSPS) is 17.1. The van der Waals surface area contributed by atoms with Crippen LogP contribution in [0.5, 0.6) is 5.75 Å². The first-order valence-electron chi connectivity index (χ1n) is 6.04. The molecule has 2 rings (SSSR count). The van der Waals surface area contributed by atoms with Crippen molar-refractivity contribution in [2.75, 3.05) is 25.9 Å². The smallest absolute Gasteiger partial charge is 0.245 e. The fourth-order valence-electron chi connectivity index (χ4n) is 2.00. The maximum Gasteiger partial charge on any atom is 0.245 e. The zero-order valence-corrected chi connectivity index (χ0v) is 11.9. The van der Waals surface area contributed by atoms with E-state index >= 15 is 0 Å². The van der Waals surface area contributed by atoms with E-state index in [1.54, 1.807) is 6.07 Å². The molecule has 0 saturated heterocycles. The first-order chi connectivity index (χ1) is 8.95. The second-order valence-electron chi connectivity index (χ2n) is 4.57. The van der Waals surface area contributed by atoms with Gasteiger partial charge in [0, 0.05) is 19.2 Å². The summed E-state index contributed by atoms with van der Waals surface area (Å²) < 4.78 is 31.4. The maximum atomic E-state index is 12.5. The van der Waals surface area contributed by atoms with Crippen LogP contribution in [0.25, 0.3) is 0 Å². The second kappa shape index (κ2) is 5.22. The topological polar surface area (TPSA) is 72.6 Å². The molecule has 1 heterocycles. The first-order valence-corrected chi connectivity index (χ1v) is 7.48. The molecule has 104 valence electrons. The van der Waals surface area contributed by atoms with Crippen molar-refractivity contribution in [3.05, 3.63) is 29.8 Å². The minimum atomic E-state index is -3.53. The summed E-state index contributed by atoms with van der Waals surface area (Å²) in [6.07, 6.45) is 2.69. The Bertz CT molecular complexity index is 608. The van der Waals surface area contributed by atoms with E-state index in [1.165, 1.54) is 29.1 Å². The van der Waals surface area contributed by atoms with Crippen molar-refractivity contribution in [3.63, 3.8) is 0 Å². The van der Waals surface area contributed by atoms with Gasteiger partial charge in [-0.2, -0.15) is 4.31 Å². The molecular weight excluding hydrogens is 264 g/mol. The van der Waals surface area contributed by atoms with Gasteiger partial charge in [-0.1, -0.05) is 11.6 Å². The highest BCUT2D eigenvalue weighted by Gasteiger charge is 2.27. The van der Waals surface area contributed by atoms with E-state index in [2.05, 4.69) is 0 Å². The van der Waals surface area contributed by atoms with Crippen LogP contribution in [0, 0.1) is 0 Å². The highest BCUT2D eigenvalue weighted by Crippen LogP contribution is 2.27. The van der Waals surface area contributed by atoms with Gasteiger partial charge in [0.15, 0.2) is 0 Å². The van der Waals surface area contributed by atoms with Gasteiger partial charge in [0.1, 0.15) is 10.6 Å². The zero-order chi connectivity index (χ0) is 14.0. The Hall–Kier alpha value is -1.53. The number of benzene rings is 1. The molecule has 2 N–H and O–H groups in total. The summed E-state index contributed by atoms with van der Waals surface area (Å²) >= 11 is 0. The number of rotatable bonds is 3. The van der Waals surface area contributed by atoms with E-state index in [4.69, 9.17) is 10.5 Å². The van der Waals surface area contributed by atoms with Gasteiger partial charge in [-0.3, -0.25) is 0 Å². The molecule has 1 aromatic rings. The van der Waals surface area contributed by atoms with Crippen molar-refractivity contribution in [3.8, 4) is 5.75 Å². The molecule has 0 unspecified atom stereocenters. The summed E-state index contributed by atoms with van der Waals surface area (Å²) in [7, 11) is -2.02. The molecule has 1 aliphatic heterocycles. The van der Waals surface area contributed by atoms with Crippen LogP contribution in [0.1, 0.15) is 13.3 Å². The van der Waals surface area contributed by atoms with Gasteiger partial charge in [-0.25, -0.2) is 8.42 Å². The van der Waals surface area contributed by atoms with Gasteiger partial charge in [-0.15, -0.1) is 0 Å². The number of anilines is 1. The molecular formula is C13H18N2O3S. The summed E-state index contributed by atoms with van der Waals surface area (Å²) in [6, 6.07) is 4.63. The highest BCUT2D eigenvalue weighted by atomic mass is 32.2. The lowest BCUT2D eigenvalue weighted by Gasteiger charge is -2.25. The van der Waals surface area contributed by atoms with Gasteiger partial charge >= 0.3 is 0 Å². The third-order valence-electron chi connectivity index (χ3n) is 3.23. The fraction of sp³-hybridized carbons (Fsp3) is 0.385. The lowest BCUT2D eigenvalue weighted by atomic mass is 10.1. The van der Waals surface area contributed by atoms with Crippen molar-refractivity contribution in [2.45, 2.75) is 18.2 Å². The Kier molecular flexibility index (Phi) is 3.82. The molecule has 0 saturated carbocycles. The molecule has 0 atom stereocenters. The first kappa shape index (κ1) is 13.9. The molecule has 1 aromatic carbocycles. The van der Waals surface area contributed by atoms with Crippen LogP contribution in [0.3, 0.4) is 0 Å². The number of methoxy groups -OCH3 is 1. The SMILES string of the molecule is COc1ccc(S(=O)(=O)N2CC=C(C)CC2)c(N)c1. The van der Waals surface area contributed by atoms with Crippen molar-refractivity contribution < 1.29 is 13.2 Å². The quantitative estimate of drug-likeness (QED) is 0.675. The van der Waals surface area contributed by atoms with Crippen LogP contribution in [-0.2, 0) is 10.0 Å². The largest absolute Gasteiger partial charge is 0.497 e. The van der Waals surface area contributed by atoms with Gasteiger partial charge in [0.05, 0.1) is 12.8 Å². The van der Waals surface area contributed by atoms with Crippen LogP contribution in [0.15, 0.2) is 34.7 Å². The average molecular weight is 282 g/mol. The van der Waals surface area contributed by atoms with Gasteiger partial charge in [0.25, 0.3) is 0 Å². The van der Waals surface area contributed by atoms with Crippen LogP contribution < -0.4 is 10.5 Å². The lowest BCUT2D eigenvalue weighted by molar-refractivity contribution is 0.414. The number of sulfonamides is 1. The molecule has 6 heteroatoms. The molecule has 0 radical (unpaired) electrons. The standard InChI is InChI=1S/C13H18N2O3S/c1-10-5-7-15(8-6-10)19(16,17)13-4-3-11(18-2)9-12(13)14/h3-5,9H,6-8,14H2,1-2H3. The van der Waals surface area contributed by atoms with Gasteiger partial charge < -0.3 is 10.5 Å². The summed E-state index contributed by atoms with van der Waals surface area (Å²) in [5, 5.41) is 0. The number of nitrogens with two attached hydrogens (primary N) is 1. The third-order valence-corrected chi connectivity index (χ3v) is 5.17. The van der Waals surface area contributed by atoms with E-state index < -0.39 is 10.0 Å². The van der Waals surface area contributed by atoms with E-state index in [1.807, 2.05) is 13.0 Å². The third kappa shape index (κ3) is 2.74. The fourth-order valence-corrected chi connectivity index (χ4v) is 3.48. The van der Waals surface area contributed by atoms with E-state index in [0.29, 0.717) is 18.8 Å². The van der Waals surface area contributed by atoms with Crippen molar-refractivity contribution >= 4 is 15.7 Å². The predicted octanol–water partition coefficient (Wildman–Crippen LogP) is 1.62. The number of hydrogen-bond acceptors (Lipinski definition) is 4. The van der Waals surface area contributed by atoms with Crippen LogP contribution in [0.2, 0.25) is 0 Å². The summed E-state index contributed by atoms with van der Waals surface area (Å²) in [4.78, 5) is 0.140. The molecule has 0 fully saturated rings. The zero-order valence-electron chi connectivity index (χ0n) is 11.1. The average Bonchev–Trinajstić information content (AvgIpc) is 2.38. The monoisotopic (exact) mass is 282 g/mol. The van der Waals surface area contributed by atoms with Crippen molar-refractivity contribution in [2.24, 2.45) is 0 Å². The number of ether oxygens (including phenoxy) is 1. The Morgan fingerprint density at radius 2 is 2.11 bits per heavy atom. The van der Waals surface area contributed by atoms with Crippen molar-refractivity contribution in [1.82, 2.24) is 4.31 Å². The van der Waals surface area contributed by atoms with E-state index in [9.17, 15) is 8.42 Å². The minimum Gasteiger partial charge on any atom is -0.497 e. The van der Waals surface area contributed by atoms with Crippen molar-refractivity contribution in [1.29, 1.82) is 0 Å². The number of nitrogen functional groups attached to an aromatic ring is 1. The van der Waals surface area contributed by atoms with Gasteiger partial charge in [-0.05, 0) is 25.5 Å². The Morgan fingerprint density at radius 3 is 2.63 bits per heavy atom. The highest BCUT2D eigenvalue weighted by molar-refractivity contribution is 7.89. The Balaban J connectivity index is 2.35. The molecule has 0 amide bonds. The molecule has 0 spiro atoms. The number of nitrogens with zero attached hydrogens (tertiary/aromatic N) is 1. The van der Waals surface area contributed by atoms with E-state index in [-0.39, 0.29) is 10.6 Å². The lowest BCUT2D eigenvalue weighted by Crippen LogP contribution is -2.35. The Morgan fingerprint density at radius 1 is 1.37 bits per heavy atom. The molecule has 5 nitrogen and oxygen atoms in total. The predicted molar refractivity (Wildman–Crippen MR) is 74.5 cm³/mol. The number of hydrogen-bond donors (Lipinski definition) is 1. The molecule has 1 aliphatic rings. The second-order valence-corrected chi connectivity index (χ2v) is 6.47. The van der Waals surface area contributed by atoms with Crippen LogP contribution in [0.4, 0.5) is 5.69 Å². The molecule has 0 bridgehead atoms. The summed E-state index contributed by atoms with van der Waals surface area (Å²) in [5.41, 5.74) is 7.25. The minimum absolute atomic E-state index is 0.140.